The van der Waals surface area contributed by atoms with Crippen molar-refractivity contribution in [3.8, 4) is 0 Å². The minimum atomic E-state index is -0.441. The maximum absolute atomic E-state index is 12.9. The van der Waals surface area contributed by atoms with Gasteiger partial charge in [-0.15, -0.1) is 23.7 Å². The zero-order valence-electron chi connectivity index (χ0n) is 15.2. The average molecular weight is 429 g/mol. The largest absolute Gasteiger partial charge is 0.333 e. The van der Waals surface area contributed by atoms with E-state index in [-0.39, 0.29) is 36.1 Å². The molecule has 0 aliphatic carbocycles. The van der Waals surface area contributed by atoms with Gasteiger partial charge >= 0.3 is 0 Å². The molecule has 0 radical (unpaired) electrons. The highest BCUT2D eigenvalue weighted by molar-refractivity contribution is 8.01. The van der Waals surface area contributed by atoms with Crippen LogP contribution in [0.25, 0.3) is 0 Å². The summed E-state index contributed by atoms with van der Waals surface area (Å²) in [4.78, 5) is 30.5. The van der Waals surface area contributed by atoms with E-state index in [4.69, 9.17) is 0 Å². The molecule has 2 unspecified atom stereocenters. The second-order valence-corrected chi connectivity index (χ2v) is 8.43. The van der Waals surface area contributed by atoms with Crippen molar-refractivity contribution in [1.82, 2.24) is 15.2 Å². The molecule has 2 heterocycles. The molecule has 1 aliphatic rings. The van der Waals surface area contributed by atoms with Gasteiger partial charge in [-0.3, -0.25) is 14.9 Å². The number of rotatable bonds is 4. The Morgan fingerprint density at radius 3 is 2.81 bits per heavy atom. The lowest BCUT2D eigenvalue weighted by molar-refractivity contribution is -0.387. The maximum Gasteiger partial charge on any atom is 0.284 e. The van der Waals surface area contributed by atoms with Gasteiger partial charge in [0, 0.05) is 47.9 Å². The standard InChI is InChI=1S/C17H20N4O3S2.ClH/c1-10-9-25-17(19-10)26-15-5-4-13(8-14(15)21(23)24)16(22)20-7-6-18-11(2)12(20)3;/h4-5,8-9,11-12,18H,6-7H2,1-3H3;1H. The summed E-state index contributed by atoms with van der Waals surface area (Å²) < 4.78 is 0.745. The minimum Gasteiger partial charge on any atom is -0.333 e. The summed E-state index contributed by atoms with van der Waals surface area (Å²) in [6.45, 7) is 7.20. The van der Waals surface area contributed by atoms with E-state index in [1.54, 1.807) is 17.0 Å². The first-order chi connectivity index (χ1) is 12.4. The number of piperazine rings is 1. The Hall–Kier alpha value is -1.68. The fourth-order valence-electron chi connectivity index (χ4n) is 2.86. The normalized spacial score (nSPS) is 19.4. The van der Waals surface area contributed by atoms with E-state index >= 15 is 0 Å². The van der Waals surface area contributed by atoms with Crippen LogP contribution in [0.15, 0.2) is 32.8 Å². The molecular weight excluding hydrogens is 408 g/mol. The molecule has 1 amide bonds. The van der Waals surface area contributed by atoms with Gasteiger partial charge in [-0.25, -0.2) is 4.98 Å². The molecule has 1 aromatic heterocycles. The first kappa shape index (κ1) is 21.6. The van der Waals surface area contributed by atoms with E-state index in [9.17, 15) is 14.9 Å². The van der Waals surface area contributed by atoms with Crippen molar-refractivity contribution >= 4 is 47.1 Å². The topological polar surface area (TPSA) is 88.4 Å². The number of aryl methyl sites for hydroxylation is 1. The van der Waals surface area contributed by atoms with Gasteiger partial charge < -0.3 is 10.2 Å². The fourth-order valence-corrected chi connectivity index (χ4v) is 4.74. The number of nitrogens with zero attached hydrogens (tertiary/aromatic N) is 3. The van der Waals surface area contributed by atoms with Gasteiger partial charge in [0.25, 0.3) is 11.6 Å². The monoisotopic (exact) mass is 428 g/mol. The van der Waals surface area contributed by atoms with Crippen molar-refractivity contribution in [2.45, 2.75) is 42.1 Å². The second-order valence-electron chi connectivity index (χ2n) is 6.28. The van der Waals surface area contributed by atoms with E-state index in [0.717, 1.165) is 16.6 Å². The predicted molar refractivity (Wildman–Crippen MR) is 109 cm³/mol. The van der Waals surface area contributed by atoms with Crippen molar-refractivity contribution in [1.29, 1.82) is 0 Å². The summed E-state index contributed by atoms with van der Waals surface area (Å²) in [5.41, 5.74) is 1.16. The number of hydrogen-bond donors (Lipinski definition) is 1. The average Bonchev–Trinajstić information content (AvgIpc) is 3.02. The summed E-state index contributed by atoms with van der Waals surface area (Å²) in [5, 5.41) is 16.8. The molecule has 1 aliphatic heterocycles. The molecule has 2 atom stereocenters. The lowest BCUT2D eigenvalue weighted by Gasteiger charge is -2.38. The lowest BCUT2D eigenvalue weighted by Crippen LogP contribution is -2.57. The van der Waals surface area contributed by atoms with E-state index in [0.29, 0.717) is 17.0 Å². The van der Waals surface area contributed by atoms with Crippen LogP contribution in [0, 0.1) is 17.0 Å². The number of nitro benzene ring substituents is 1. The molecule has 0 spiro atoms. The smallest absolute Gasteiger partial charge is 0.284 e. The molecule has 146 valence electrons. The van der Waals surface area contributed by atoms with Crippen LogP contribution in [0.3, 0.4) is 0 Å². The second kappa shape index (κ2) is 9.01. The van der Waals surface area contributed by atoms with Gasteiger partial charge in [-0.1, -0.05) is 11.8 Å². The van der Waals surface area contributed by atoms with E-state index in [2.05, 4.69) is 10.3 Å². The van der Waals surface area contributed by atoms with Crippen molar-refractivity contribution in [3.05, 3.63) is 45.0 Å². The minimum absolute atomic E-state index is 0. The molecule has 1 aromatic carbocycles. The molecule has 10 heteroatoms. The Morgan fingerprint density at radius 2 is 2.19 bits per heavy atom. The van der Waals surface area contributed by atoms with Gasteiger partial charge in [-0.2, -0.15) is 0 Å². The molecule has 0 bridgehead atoms. The Morgan fingerprint density at radius 1 is 1.44 bits per heavy atom. The van der Waals surface area contributed by atoms with Crippen LogP contribution < -0.4 is 5.32 Å². The third-order valence-corrected chi connectivity index (χ3v) is 6.61. The van der Waals surface area contributed by atoms with Crippen LogP contribution in [-0.4, -0.2) is 45.9 Å². The van der Waals surface area contributed by atoms with Crippen molar-refractivity contribution in [2.24, 2.45) is 0 Å². The number of aromatic nitrogens is 1. The van der Waals surface area contributed by atoms with Gasteiger partial charge in [0.1, 0.15) is 0 Å². The summed E-state index contributed by atoms with van der Waals surface area (Å²) in [6, 6.07) is 4.90. The van der Waals surface area contributed by atoms with Crippen LogP contribution in [0.4, 0.5) is 5.69 Å². The molecule has 27 heavy (non-hydrogen) atoms. The number of halogens is 1. The number of benzene rings is 1. The number of nitro groups is 1. The Balaban J connectivity index is 0.00000261. The highest BCUT2D eigenvalue weighted by Gasteiger charge is 2.30. The number of carbonyl (C=O) groups is 1. The Labute approximate surface area is 172 Å². The summed E-state index contributed by atoms with van der Waals surface area (Å²) >= 11 is 2.70. The van der Waals surface area contributed by atoms with Crippen LogP contribution in [0.2, 0.25) is 0 Å². The molecule has 0 saturated carbocycles. The fraction of sp³-hybridized carbons (Fsp3) is 0.412. The summed E-state index contributed by atoms with van der Waals surface area (Å²) in [6.07, 6.45) is 0. The van der Waals surface area contributed by atoms with Crippen molar-refractivity contribution < 1.29 is 9.72 Å². The Kier molecular flexibility index (Phi) is 7.21. The maximum atomic E-state index is 12.9. The van der Waals surface area contributed by atoms with E-state index in [1.165, 1.54) is 29.2 Å². The number of amides is 1. The molecule has 1 saturated heterocycles. The Bertz CT molecular complexity index is 845. The van der Waals surface area contributed by atoms with Gasteiger partial charge in [0.05, 0.1) is 9.82 Å². The van der Waals surface area contributed by atoms with Crippen LogP contribution >= 0.6 is 35.5 Å². The third-order valence-electron chi connectivity index (χ3n) is 4.49. The van der Waals surface area contributed by atoms with Crippen molar-refractivity contribution in [2.75, 3.05) is 13.1 Å². The molecule has 2 aromatic rings. The number of thiazole rings is 1. The van der Waals surface area contributed by atoms with Crippen LogP contribution in [0.1, 0.15) is 29.9 Å². The molecule has 7 nitrogen and oxygen atoms in total. The lowest BCUT2D eigenvalue weighted by atomic mass is 10.1. The first-order valence-corrected chi connectivity index (χ1v) is 9.99. The SMILES string of the molecule is Cc1csc(Sc2ccc(C(=O)N3CCNC(C)C3C)cc2[N+](=O)[O-])n1.Cl. The summed E-state index contributed by atoms with van der Waals surface area (Å²) in [7, 11) is 0. The van der Waals surface area contributed by atoms with Gasteiger partial charge in [0.2, 0.25) is 0 Å². The van der Waals surface area contributed by atoms with Crippen LogP contribution in [-0.2, 0) is 0 Å². The number of carbonyl (C=O) groups excluding carboxylic acids is 1. The quantitative estimate of drug-likeness (QED) is 0.589. The summed E-state index contributed by atoms with van der Waals surface area (Å²) in [5.74, 6) is -0.171. The highest BCUT2D eigenvalue weighted by Crippen LogP contribution is 2.37. The molecule has 3 rings (SSSR count). The van der Waals surface area contributed by atoms with Crippen LogP contribution in [0.5, 0.6) is 0 Å². The highest BCUT2D eigenvalue weighted by atomic mass is 35.5. The van der Waals surface area contributed by atoms with Gasteiger partial charge in [0.15, 0.2) is 4.34 Å². The number of nitrogens with one attached hydrogen (secondary N) is 1. The van der Waals surface area contributed by atoms with E-state index < -0.39 is 4.92 Å². The zero-order chi connectivity index (χ0) is 18.8. The third kappa shape index (κ3) is 4.78. The van der Waals surface area contributed by atoms with Crippen molar-refractivity contribution in [3.63, 3.8) is 0 Å². The van der Waals surface area contributed by atoms with E-state index in [1.807, 2.05) is 26.2 Å². The number of hydrogen-bond acceptors (Lipinski definition) is 7. The zero-order valence-corrected chi connectivity index (χ0v) is 17.6. The van der Waals surface area contributed by atoms with Gasteiger partial charge in [-0.05, 0) is 32.9 Å². The molecule has 1 N–H and O–H groups in total. The molecule has 1 fully saturated rings. The molecular formula is C17H21ClN4O3S2. The predicted octanol–water partition coefficient (Wildman–Crippen LogP) is 3.76. The first-order valence-electron chi connectivity index (χ1n) is 8.29.